The smallest absolute Gasteiger partial charge is 0.325 e. The molecule has 2 atom stereocenters. The van der Waals surface area contributed by atoms with Gasteiger partial charge in [0, 0.05) is 16.5 Å². The Labute approximate surface area is 239 Å². The number of rotatable bonds is 7. The second-order valence-electron chi connectivity index (χ2n) is 9.73. The molecular weight excluding hydrogens is 558 g/mol. The molecule has 2 unspecified atom stereocenters. The summed E-state index contributed by atoms with van der Waals surface area (Å²) in [6, 6.07) is 17.1. The minimum Gasteiger partial charge on any atom is -0.480 e. The highest BCUT2D eigenvalue weighted by Gasteiger charge is 2.51. The first kappa shape index (κ1) is 27.4. The Morgan fingerprint density at radius 2 is 1.60 bits per heavy atom. The molecule has 11 heteroatoms. The lowest BCUT2D eigenvalue weighted by Crippen LogP contribution is -2.44. The van der Waals surface area contributed by atoms with E-state index < -0.39 is 23.5 Å². The summed E-state index contributed by atoms with van der Waals surface area (Å²) in [6.07, 6.45) is 1.49. The summed E-state index contributed by atoms with van der Waals surface area (Å²) in [4.78, 5) is 44.4. The Morgan fingerprint density at radius 3 is 2.17 bits per heavy atom. The molecule has 0 spiro atoms. The Bertz CT molecular complexity index is 1620. The van der Waals surface area contributed by atoms with E-state index in [1.807, 2.05) is 24.3 Å². The molecule has 2 heterocycles. The molecule has 204 valence electrons. The van der Waals surface area contributed by atoms with Crippen LogP contribution < -0.4 is 10.2 Å². The number of benzene rings is 3. The van der Waals surface area contributed by atoms with E-state index in [4.69, 9.17) is 23.2 Å². The molecular formula is C29H23Cl2FN4O4. The fraction of sp³-hybridized carbons (Fsp3) is 0.172. The zero-order valence-electron chi connectivity index (χ0n) is 21.4. The van der Waals surface area contributed by atoms with E-state index in [0.29, 0.717) is 15.7 Å². The van der Waals surface area contributed by atoms with Crippen molar-refractivity contribution >= 4 is 52.6 Å². The summed E-state index contributed by atoms with van der Waals surface area (Å²) >= 11 is 12.5. The van der Waals surface area contributed by atoms with Crippen molar-refractivity contribution in [1.82, 2.24) is 14.9 Å². The largest absolute Gasteiger partial charge is 0.480 e. The van der Waals surface area contributed by atoms with Gasteiger partial charge in [0.15, 0.2) is 0 Å². The number of carbonyl (C=O) groups is 3. The van der Waals surface area contributed by atoms with Crippen molar-refractivity contribution in [2.45, 2.75) is 31.8 Å². The number of nitrogens with one attached hydrogen (secondary N) is 1. The average Bonchev–Trinajstić information content (AvgIpc) is 3.42. The summed E-state index contributed by atoms with van der Waals surface area (Å²) < 4.78 is 14.9. The number of carboxylic acids is 1. The number of imidazole rings is 1. The lowest BCUT2D eigenvalue weighted by molar-refractivity contribution is -0.138. The number of fused-ring (bicyclic) bond motifs is 1. The number of hydrogen-bond acceptors (Lipinski definition) is 4. The Morgan fingerprint density at radius 1 is 1.02 bits per heavy atom. The van der Waals surface area contributed by atoms with Crippen molar-refractivity contribution in [2.24, 2.45) is 0 Å². The highest BCUT2D eigenvalue weighted by molar-refractivity contribution is 6.35. The van der Waals surface area contributed by atoms with Gasteiger partial charge >= 0.3 is 5.97 Å². The lowest BCUT2D eigenvalue weighted by atomic mass is 9.90. The van der Waals surface area contributed by atoms with Crippen LogP contribution in [0.15, 0.2) is 72.9 Å². The predicted molar refractivity (Wildman–Crippen MR) is 150 cm³/mol. The molecule has 0 fully saturated rings. The van der Waals surface area contributed by atoms with E-state index in [1.54, 1.807) is 31.2 Å². The molecule has 1 aliphatic rings. The molecule has 4 aromatic rings. The molecule has 0 saturated heterocycles. The molecule has 2 N–H and O–H groups in total. The van der Waals surface area contributed by atoms with E-state index >= 15 is 0 Å². The monoisotopic (exact) mass is 580 g/mol. The highest BCUT2D eigenvalue weighted by atomic mass is 35.5. The second kappa shape index (κ2) is 10.4. The molecule has 8 nitrogen and oxygen atoms in total. The van der Waals surface area contributed by atoms with Gasteiger partial charge in [0.25, 0.3) is 11.8 Å². The van der Waals surface area contributed by atoms with Gasteiger partial charge in [-0.25, -0.2) is 14.3 Å². The molecule has 1 aliphatic heterocycles. The third-order valence-electron chi connectivity index (χ3n) is 6.84. The van der Waals surface area contributed by atoms with Gasteiger partial charge in [0.2, 0.25) is 5.95 Å². The quantitative estimate of drug-likeness (QED) is 0.286. The number of nitrogens with zero attached hydrogens (tertiary/aromatic N) is 3. The minimum atomic E-state index is -1.32. The van der Waals surface area contributed by atoms with Crippen LogP contribution in [0.3, 0.4) is 0 Å². The lowest BCUT2D eigenvalue weighted by Gasteiger charge is -2.27. The molecule has 1 aromatic heterocycles. The normalized spacial score (nSPS) is 17.0. The number of amides is 2. The van der Waals surface area contributed by atoms with Gasteiger partial charge in [0.1, 0.15) is 23.1 Å². The summed E-state index contributed by atoms with van der Waals surface area (Å²) in [6.45, 7) is 3.03. The number of carboxylic acid groups (broad SMARTS) is 1. The number of aliphatic carboxylic acids is 1. The first-order valence-electron chi connectivity index (χ1n) is 12.3. The molecule has 3 aromatic carbocycles. The minimum absolute atomic E-state index is 0.0255. The third-order valence-corrected chi connectivity index (χ3v) is 7.27. The van der Waals surface area contributed by atoms with Crippen molar-refractivity contribution < 1.29 is 23.9 Å². The molecule has 40 heavy (non-hydrogen) atoms. The molecule has 0 aliphatic carbocycles. The average molecular weight is 581 g/mol. The van der Waals surface area contributed by atoms with E-state index in [-0.39, 0.29) is 29.8 Å². The Balaban J connectivity index is 1.56. The van der Waals surface area contributed by atoms with Crippen LogP contribution in [0.2, 0.25) is 10.0 Å². The van der Waals surface area contributed by atoms with Gasteiger partial charge in [-0.05, 0) is 60.9 Å². The second-order valence-corrected chi connectivity index (χ2v) is 10.6. The summed E-state index contributed by atoms with van der Waals surface area (Å²) in [7, 11) is 0. The summed E-state index contributed by atoms with van der Waals surface area (Å²) in [5.41, 5.74) is 1.57. The maximum absolute atomic E-state index is 14.1. The number of hydrogen-bond donors (Lipinski definition) is 2. The SMILES string of the molecule is CC(NC(=O)c1cnc2n1C(C)(Cc1ccc(-c3ccc(F)cc3)cc1)C(=O)N2c1cc(Cl)cc(Cl)c1)C(=O)O. The van der Waals surface area contributed by atoms with Gasteiger partial charge < -0.3 is 10.4 Å². The molecule has 0 bridgehead atoms. The van der Waals surface area contributed by atoms with Crippen molar-refractivity contribution in [3.05, 3.63) is 100 Å². The zero-order valence-corrected chi connectivity index (χ0v) is 22.9. The third kappa shape index (κ3) is 4.94. The van der Waals surface area contributed by atoms with Crippen molar-refractivity contribution in [3.8, 4) is 11.1 Å². The fourth-order valence-electron chi connectivity index (χ4n) is 4.82. The van der Waals surface area contributed by atoms with Crippen molar-refractivity contribution in [2.75, 3.05) is 4.90 Å². The van der Waals surface area contributed by atoms with E-state index in [1.165, 1.54) is 40.8 Å². The summed E-state index contributed by atoms with van der Waals surface area (Å²) in [5.74, 6) is -2.43. The Kier molecular flexibility index (Phi) is 7.12. The number of carbonyl (C=O) groups excluding carboxylic acids is 2. The van der Waals surface area contributed by atoms with Crippen molar-refractivity contribution in [1.29, 1.82) is 0 Å². The van der Waals surface area contributed by atoms with Crippen LogP contribution in [0.4, 0.5) is 16.0 Å². The standard InChI is InChI=1S/C29H23Cl2FN4O4/c1-16(26(38)39)34-25(37)24-15-33-28-35(23-12-20(30)11-21(31)13-23)27(40)29(2,36(24)28)14-17-3-5-18(6-4-17)19-7-9-22(32)10-8-19/h3-13,15-16H,14H2,1-2H3,(H,34,37)(H,38,39). The number of anilines is 2. The Hall–Kier alpha value is -4.21. The molecule has 2 amide bonds. The van der Waals surface area contributed by atoms with Gasteiger partial charge in [-0.1, -0.05) is 59.6 Å². The fourth-order valence-corrected chi connectivity index (χ4v) is 5.33. The number of aromatic nitrogens is 2. The first-order chi connectivity index (χ1) is 19.0. The van der Waals surface area contributed by atoms with Crippen LogP contribution in [0, 0.1) is 5.82 Å². The van der Waals surface area contributed by atoms with Crippen LogP contribution in [0.1, 0.15) is 29.9 Å². The van der Waals surface area contributed by atoms with E-state index in [2.05, 4.69) is 10.3 Å². The van der Waals surface area contributed by atoms with Crippen LogP contribution in [0.25, 0.3) is 11.1 Å². The molecule has 5 rings (SSSR count). The molecule has 0 saturated carbocycles. The maximum atomic E-state index is 14.1. The van der Waals surface area contributed by atoms with Gasteiger partial charge in [-0.2, -0.15) is 0 Å². The van der Waals surface area contributed by atoms with Gasteiger partial charge in [-0.3, -0.25) is 19.0 Å². The predicted octanol–water partition coefficient (Wildman–Crippen LogP) is 5.84. The zero-order chi connectivity index (χ0) is 28.8. The summed E-state index contributed by atoms with van der Waals surface area (Å²) in [5, 5.41) is 12.3. The van der Waals surface area contributed by atoms with Crippen LogP contribution in [0.5, 0.6) is 0 Å². The van der Waals surface area contributed by atoms with Crippen LogP contribution in [-0.4, -0.2) is 38.5 Å². The maximum Gasteiger partial charge on any atom is 0.325 e. The molecule has 0 radical (unpaired) electrons. The first-order valence-corrected chi connectivity index (χ1v) is 13.0. The van der Waals surface area contributed by atoms with Crippen molar-refractivity contribution in [3.63, 3.8) is 0 Å². The van der Waals surface area contributed by atoms with Crippen LogP contribution >= 0.6 is 23.2 Å². The van der Waals surface area contributed by atoms with E-state index in [0.717, 1.165) is 16.7 Å². The number of halogens is 3. The van der Waals surface area contributed by atoms with Gasteiger partial charge in [-0.15, -0.1) is 0 Å². The van der Waals surface area contributed by atoms with Gasteiger partial charge in [0.05, 0.1) is 11.9 Å². The highest BCUT2D eigenvalue weighted by Crippen LogP contribution is 2.43. The van der Waals surface area contributed by atoms with E-state index in [9.17, 15) is 23.9 Å². The topological polar surface area (TPSA) is 105 Å². The van der Waals surface area contributed by atoms with Crippen LogP contribution in [-0.2, 0) is 21.5 Å².